The third-order valence-electron chi connectivity index (χ3n) is 9.27. The minimum Gasteiger partial charge on any atom is -0.456 e. The van der Waals surface area contributed by atoms with Gasteiger partial charge in [0.05, 0.1) is 22.5 Å². The summed E-state index contributed by atoms with van der Waals surface area (Å²) in [4.78, 5) is 32.3. The molecule has 1 N–H and O–H groups in total. The first-order valence-electron chi connectivity index (χ1n) is 15.7. The van der Waals surface area contributed by atoms with Crippen LogP contribution in [0.5, 0.6) is 11.5 Å². The van der Waals surface area contributed by atoms with Gasteiger partial charge >= 0.3 is 12.0 Å². The molecule has 46 heavy (non-hydrogen) atoms. The lowest BCUT2D eigenvalue weighted by Crippen LogP contribution is -2.38. The number of carbonyl (C=O) groups excluding carboxylic acids is 2. The van der Waals surface area contributed by atoms with Crippen LogP contribution >= 0.6 is 0 Å². The van der Waals surface area contributed by atoms with Crippen LogP contribution < -0.4 is 19.9 Å². The van der Waals surface area contributed by atoms with Gasteiger partial charge in [-0.3, -0.25) is 4.90 Å². The molecule has 1 spiro atoms. The molecule has 0 saturated carbocycles. The number of aryl methyl sites for hydroxylation is 2. The molecule has 5 aromatic carbocycles. The number of anilines is 4. The van der Waals surface area contributed by atoms with Crippen molar-refractivity contribution in [3.63, 3.8) is 0 Å². The van der Waals surface area contributed by atoms with E-state index in [9.17, 15) is 9.59 Å². The molecular weight excluding hydrogens is 574 g/mol. The van der Waals surface area contributed by atoms with Crippen molar-refractivity contribution in [3.8, 4) is 11.5 Å². The highest BCUT2D eigenvalue weighted by Gasteiger charge is 2.55. The van der Waals surface area contributed by atoms with E-state index in [1.165, 1.54) is 0 Å². The summed E-state index contributed by atoms with van der Waals surface area (Å²) in [7, 11) is 0. The quantitative estimate of drug-likeness (QED) is 0.207. The van der Waals surface area contributed by atoms with Gasteiger partial charge in [-0.05, 0) is 80.8 Å². The molecule has 0 bridgehead atoms. The topological polar surface area (TPSA) is 71.1 Å². The molecule has 3 aliphatic rings. The molecule has 1 fully saturated rings. The second-order valence-electron chi connectivity index (χ2n) is 12.2. The molecule has 0 aromatic heterocycles. The zero-order valence-corrected chi connectivity index (χ0v) is 25.7. The smallest absolute Gasteiger partial charge is 0.340 e. The number of amides is 2. The van der Waals surface area contributed by atoms with Crippen LogP contribution in [0.2, 0.25) is 0 Å². The van der Waals surface area contributed by atoms with Crippen molar-refractivity contribution in [1.82, 2.24) is 0 Å². The summed E-state index contributed by atoms with van der Waals surface area (Å²) < 4.78 is 13.0. The minimum absolute atomic E-state index is 0.342. The van der Waals surface area contributed by atoms with Crippen LogP contribution in [-0.2, 0) is 10.3 Å². The Morgan fingerprint density at radius 2 is 1.50 bits per heavy atom. The molecule has 7 heteroatoms. The fourth-order valence-electron chi connectivity index (χ4n) is 7.02. The Bertz CT molecular complexity index is 2010. The number of para-hydroxylation sites is 1. The highest BCUT2D eigenvalue weighted by molar-refractivity contribution is 6.09. The van der Waals surface area contributed by atoms with Gasteiger partial charge in [-0.1, -0.05) is 66.2 Å². The van der Waals surface area contributed by atoms with E-state index in [2.05, 4.69) is 28.4 Å². The van der Waals surface area contributed by atoms with E-state index >= 15 is 0 Å². The Balaban J connectivity index is 1.38. The summed E-state index contributed by atoms with van der Waals surface area (Å²) >= 11 is 0. The van der Waals surface area contributed by atoms with Crippen LogP contribution in [0, 0.1) is 13.8 Å². The fourth-order valence-corrected chi connectivity index (χ4v) is 7.02. The highest BCUT2D eigenvalue weighted by Crippen LogP contribution is 2.59. The van der Waals surface area contributed by atoms with Crippen molar-refractivity contribution < 1.29 is 19.1 Å². The van der Waals surface area contributed by atoms with E-state index in [0.29, 0.717) is 45.1 Å². The lowest BCUT2D eigenvalue weighted by atomic mass is 9.76. The molecule has 1 atom stereocenters. The normalized spacial score (nSPS) is 17.5. The Hall–Kier alpha value is -5.56. The SMILES string of the molecule is Cc1ccc(NC(=O)N(c2cc(N3CCCC3)ccc2C)c2cccc3c2C2(OC(=O)c4ccccc42)c2ccccc2O3)cc1. The predicted octanol–water partition coefficient (Wildman–Crippen LogP) is 8.84. The highest BCUT2D eigenvalue weighted by atomic mass is 16.6. The summed E-state index contributed by atoms with van der Waals surface area (Å²) in [5, 5.41) is 3.14. The Labute approximate surface area is 268 Å². The Kier molecular flexibility index (Phi) is 6.57. The maximum Gasteiger partial charge on any atom is 0.340 e. The molecule has 2 amide bonds. The van der Waals surface area contributed by atoms with Gasteiger partial charge in [0.15, 0.2) is 5.60 Å². The van der Waals surface area contributed by atoms with Crippen LogP contribution in [-0.4, -0.2) is 25.1 Å². The van der Waals surface area contributed by atoms with E-state index < -0.39 is 11.6 Å². The van der Waals surface area contributed by atoms with Gasteiger partial charge in [-0.15, -0.1) is 0 Å². The molecule has 1 unspecified atom stereocenters. The van der Waals surface area contributed by atoms with Crippen LogP contribution in [0.15, 0.2) is 109 Å². The van der Waals surface area contributed by atoms with Crippen molar-refractivity contribution in [2.75, 3.05) is 28.2 Å². The van der Waals surface area contributed by atoms with Crippen molar-refractivity contribution >= 4 is 34.7 Å². The minimum atomic E-state index is -1.34. The number of nitrogens with one attached hydrogen (secondary N) is 1. The average molecular weight is 608 g/mol. The lowest BCUT2D eigenvalue weighted by Gasteiger charge is -2.39. The number of fused-ring (bicyclic) bond motifs is 6. The number of nitrogens with zero attached hydrogens (tertiary/aromatic N) is 2. The number of carbonyl (C=O) groups is 2. The number of hydrogen-bond donors (Lipinski definition) is 1. The largest absolute Gasteiger partial charge is 0.456 e. The van der Waals surface area contributed by atoms with Gasteiger partial charge in [0, 0.05) is 35.6 Å². The van der Waals surface area contributed by atoms with E-state index in [1.54, 1.807) is 11.0 Å². The van der Waals surface area contributed by atoms with Gasteiger partial charge < -0.3 is 19.7 Å². The first kappa shape index (κ1) is 28.0. The third kappa shape index (κ3) is 4.34. The standard InChI is InChI=1S/C39H33N3O4/c1-25-16-19-27(20-17-25)40-38(44)42(33-24-28(21-18-26(33)2)41-22-7-8-23-41)32-13-9-15-35-36(32)39(31-12-5-6-14-34(31)45-35)30-11-4-3-10-29(30)37(43)46-39/h3-6,9-21,24H,7-8,22-23H2,1-2H3,(H,40,44). The fraction of sp³-hybridized carbons (Fsp3) is 0.179. The molecule has 1 saturated heterocycles. The summed E-state index contributed by atoms with van der Waals surface area (Å²) in [5.74, 6) is 0.692. The summed E-state index contributed by atoms with van der Waals surface area (Å²) in [6, 6.07) is 34.4. The molecule has 3 heterocycles. The van der Waals surface area contributed by atoms with E-state index in [0.717, 1.165) is 48.4 Å². The van der Waals surface area contributed by atoms with Gasteiger partial charge in [0.2, 0.25) is 0 Å². The summed E-state index contributed by atoms with van der Waals surface area (Å²) in [6.07, 6.45) is 2.27. The van der Waals surface area contributed by atoms with Crippen LogP contribution in [0.4, 0.5) is 27.5 Å². The molecule has 8 rings (SSSR count). The molecule has 7 nitrogen and oxygen atoms in total. The van der Waals surface area contributed by atoms with Gasteiger partial charge in [-0.25, -0.2) is 9.59 Å². The zero-order chi connectivity index (χ0) is 31.4. The second kappa shape index (κ2) is 10.8. The molecule has 0 aliphatic carbocycles. The number of urea groups is 1. The van der Waals surface area contributed by atoms with E-state index in [-0.39, 0.29) is 6.03 Å². The molecule has 0 radical (unpaired) electrons. The Morgan fingerprint density at radius 1 is 0.783 bits per heavy atom. The summed E-state index contributed by atoms with van der Waals surface area (Å²) in [5.41, 5.74) is 6.21. The van der Waals surface area contributed by atoms with Crippen molar-refractivity contribution in [2.24, 2.45) is 0 Å². The first-order chi connectivity index (χ1) is 22.4. The molecular formula is C39H33N3O4. The molecule has 228 valence electrons. The zero-order valence-electron chi connectivity index (χ0n) is 25.7. The van der Waals surface area contributed by atoms with Crippen LogP contribution in [0.1, 0.15) is 51.0 Å². The van der Waals surface area contributed by atoms with E-state index in [1.807, 2.05) is 98.8 Å². The van der Waals surface area contributed by atoms with Gasteiger partial charge in [0.25, 0.3) is 0 Å². The van der Waals surface area contributed by atoms with Crippen LogP contribution in [0.25, 0.3) is 0 Å². The van der Waals surface area contributed by atoms with Crippen molar-refractivity contribution in [1.29, 1.82) is 0 Å². The average Bonchev–Trinajstić information content (AvgIpc) is 3.71. The monoisotopic (exact) mass is 607 g/mol. The number of hydrogen-bond acceptors (Lipinski definition) is 5. The van der Waals surface area contributed by atoms with Crippen LogP contribution in [0.3, 0.4) is 0 Å². The third-order valence-corrected chi connectivity index (χ3v) is 9.27. The summed E-state index contributed by atoms with van der Waals surface area (Å²) in [6.45, 7) is 5.97. The molecule has 5 aromatic rings. The number of rotatable bonds is 4. The van der Waals surface area contributed by atoms with Gasteiger partial charge in [0.1, 0.15) is 11.5 Å². The second-order valence-corrected chi connectivity index (χ2v) is 12.2. The van der Waals surface area contributed by atoms with E-state index in [4.69, 9.17) is 9.47 Å². The maximum absolute atomic E-state index is 14.7. The first-order valence-corrected chi connectivity index (χ1v) is 15.7. The Morgan fingerprint density at radius 3 is 2.30 bits per heavy atom. The number of esters is 1. The van der Waals surface area contributed by atoms with Crippen molar-refractivity contribution in [2.45, 2.75) is 32.3 Å². The lowest BCUT2D eigenvalue weighted by molar-refractivity contribution is 0.0226. The number of ether oxygens (including phenoxy) is 2. The predicted molar refractivity (Wildman–Crippen MR) is 180 cm³/mol. The maximum atomic E-state index is 14.7. The van der Waals surface area contributed by atoms with Crippen molar-refractivity contribution in [3.05, 3.63) is 143 Å². The molecule has 3 aliphatic heterocycles. The number of benzene rings is 5. The van der Waals surface area contributed by atoms with Gasteiger partial charge in [-0.2, -0.15) is 0 Å².